The maximum Gasteiger partial charge on any atom is 0.418 e. The average Bonchev–Trinajstić information content (AvgIpc) is 3.16. The Labute approximate surface area is 169 Å². The first-order chi connectivity index (χ1) is 13.9. The van der Waals surface area contributed by atoms with Crippen LogP contribution in [0, 0.1) is 0 Å². The molecule has 0 radical (unpaired) electrons. The van der Waals surface area contributed by atoms with Gasteiger partial charge >= 0.3 is 12.1 Å². The molecular formula is C22H25NO6. The Bertz CT molecular complexity index is 877. The first kappa shape index (κ1) is 20.7. The van der Waals surface area contributed by atoms with Crippen molar-refractivity contribution in [3.05, 3.63) is 53.6 Å². The third kappa shape index (κ3) is 4.86. The SMILES string of the molecule is COC(=O)N(c1ccc(CC(OC(C)C)C(=O)O)cc1)c1ccc2c(c1)CCO2. The highest BCUT2D eigenvalue weighted by molar-refractivity contribution is 5.96. The van der Waals surface area contributed by atoms with Gasteiger partial charge in [0, 0.05) is 12.8 Å². The number of aliphatic carboxylic acids is 1. The van der Waals surface area contributed by atoms with Crippen molar-refractivity contribution in [1.82, 2.24) is 0 Å². The van der Waals surface area contributed by atoms with Gasteiger partial charge in [-0.1, -0.05) is 12.1 Å². The minimum Gasteiger partial charge on any atom is -0.493 e. The summed E-state index contributed by atoms with van der Waals surface area (Å²) in [6, 6.07) is 12.7. The molecule has 154 valence electrons. The lowest BCUT2D eigenvalue weighted by Crippen LogP contribution is -2.29. The number of carbonyl (C=O) groups excluding carboxylic acids is 1. The topological polar surface area (TPSA) is 85.3 Å². The lowest BCUT2D eigenvalue weighted by molar-refractivity contribution is -0.153. The highest BCUT2D eigenvalue weighted by Crippen LogP contribution is 2.33. The van der Waals surface area contributed by atoms with Crippen molar-refractivity contribution in [2.45, 2.75) is 38.9 Å². The van der Waals surface area contributed by atoms with E-state index in [1.807, 2.05) is 18.2 Å². The number of hydrogen-bond donors (Lipinski definition) is 1. The van der Waals surface area contributed by atoms with Crippen LogP contribution in [0.5, 0.6) is 5.75 Å². The van der Waals surface area contributed by atoms with Crippen LogP contribution in [-0.4, -0.2) is 43.1 Å². The lowest BCUT2D eigenvalue weighted by Gasteiger charge is -2.22. The Hall–Kier alpha value is -3.06. The molecule has 0 fully saturated rings. The zero-order chi connectivity index (χ0) is 21.0. The molecule has 2 aromatic rings. The van der Waals surface area contributed by atoms with Crippen LogP contribution in [0.1, 0.15) is 25.0 Å². The Morgan fingerprint density at radius 2 is 1.83 bits per heavy atom. The number of methoxy groups -OCH3 is 1. The van der Waals surface area contributed by atoms with E-state index in [0.717, 1.165) is 23.3 Å². The molecule has 1 heterocycles. The maximum atomic E-state index is 12.5. The molecule has 0 aromatic heterocycles. The van der Waals surface area contributed by atoms with E-state index in [4.69, 9.17) is 14.2 Å². The second-order valence-electron chi connectivity index (χ2n) is 7.08. The van der Waals surface area contributed by atoms with Crippen LogP contribution in [0.2, 0.25) is 0 Å². The number of ether oxygens (including phenoxy) is 3. The monoisotopic (exact) mass is 399 g/mol. The van der Waals surface area contributed by atoms with Gasteiger partial charge in [-0.15, -0.1) is 0 Å². The van der Waals surface area contributed by atoms with Gasteiger partial charge in [0.25, 0.3) is 0 Å². The summed E-state index contributed by atoms with van der Waals surface area (Å²) in [6.07, 6.45) is -0.586. The molecule has 29 heavy (non-hydrogen) atoms. The molecular weight excluding hydrogens is 374 g/mol. The third-order valence-corrected chi connectivity index (χ3v) is 4.62. The minimum atomic E-state index is -1.00. The van der Waals surface area contributed by atoms with Crippen LogP contribution < -0.4 is 9.64 Å². The predicted octanol–water partition coefficient (Wildman–Crippen LogP) is 3.95. The molecule has 1 aliphatic rings. The maximum absolute atomic E-state index is 12.5. The smallest absolute Gasteiger partial charge is 0.418 e. The fourth-order valence-corrected chi connectivity index (χ4v) is 3.28. The molecule has 1 amide bonds. The number of carbonyl (C=O) groups is 2. The molecule has 1 unspecified atom stereocenters. The zero-order valence-electron chi connectivity index (χ0n) is 16.8. The van der Waals surface area contributed by atoms with Gasteiger partial charge in [0.15, 0.2) is 6.10 Å². The quantitative estimate of drug-likeness (QED) is 0.759. The normalized spacial score (nSPS) is 13.5. The number of fused-ring (bicyclic) bond motifs is 1. The number of amides is 1. The summed E-state index contributed by atoms with van der Waals surface area (Å²) in [6.45, 7) is 4.23. The van der Waals surface area contributed by atoms with Gasteiger partial charge in [0.05, 0.1) is 31.2 Å². The van der Waals surface area contributed by atoms with Gasteiger partial charge in [-0.2, -0.15) is 0 Å². The van der Waals surface area contributed by atoms with E-state index in [-0.39, 0.29) is 12.5 Å². The molecule has 1 aliphatic heterocycles. The fraction of sp³-hybridized carbons (Fsp3) is 0.364. The third-order valence-electron chi connectivity index (χ3n) is 4.62. The molecule has 0 bridgehead atoms. The second-order valence-corrected chi connectivity index (χ2v) is 7.08. The molecule has 0 saturated heterocycles. The molecule has 0 aliphatic carbocycles. The standard InChI is InChI=1S/C22H25NO6/c1-14(2)29-20(21(24)25)12-15-4-6-17(7-5-15)23(22(26)27-3)18-8-9-19-16(13-18)10-11-28-19/h4-9,13-14,20H,10-12H2,1-3H3,(H,24,25). The van der Waals surface area contributed by atoms with Gasteiger partial charge in [-0.05, 0) is 55.3 Å². The summed E-state index contributed by atoms with van der Waals surface area (Å²) in [5.74, 6) is -0.168. The van der Waals surface area contributed by atoms with Crippen molar-refractivity contribution in [3.8, 4) is 5.75 Å². The first-order valence-corrected chi connectivity index (χ1v) is 9.50. The van der Waals surface area contributed by atoms with Gasteiger partial charge in [-0.3, -0.25) is 0 Å². The number of anilines is 2. The second kappa shape index (κ2) is 8.96. The number of hydrogen-bond acceptors (Lipinski definition) is 5. The van der Waals surface area contributed by atoms with E-state index in [1.54, 1.807) is 38.1 Å². The van der Waals surface area contributed by atoms with E-state index in [2.05, 4.69) is 0 Å². The van der Waals surface area contributed by atoms with Crippen LogP contribution in [0.15, 0.2) is 42.5 Å². The van der Waals surface area contributed by atoms with Crippen molar-refractivity contribution in [2.75, 3.05) is 18.6 Å². The number of benzene rings is 2. The molecule has 0 spiro atoms. The summed E-state index contributed by atoms with van der Waals surface area (Å²) < 4.78 is 16.0. The minimum absolute atomic E-state index is 0.186. The summed E-state index contributed by atoms with van der Waals surface area (Å²) in [5, 5.41) is 9.35. The van der Waals surface area contributed by atoms with Crippen molar-refractivity contribution in [3.63, 3.8) is 0 Å². The number of rotatable bonds is 7. The molecule has 7 heteroatoms. The van der Waals surface area contributed by atoms with Crippen molar-refractivity contribution < 1.29 is 28.9 Å². The number of carboxylic acid groups (broad SMARTS) is 1. The highest BCUT2D eigenvalue weighted by Gasteiger charge is 2.23. The van der Waals surface area contributed by atoms with Gasteiger partial charge < -0.3 is 19.3 Å². The van der Waals surface area contributed by atoms with Crippen molar-refractivity contribution >= 4 is 23.4 Å². The Morgan fingerprint density at radius 3 is 2.45 bits per heavy atom. The summed E-state index contributed by atoms with van der Waals surface area (Å²) in [4.78, 5) is 25.4. The Balaban J connectivity index is 1.84. The molecule has 0 saturated carbocycles. The van der Waals surface area contributed by atoms with E-state index in [1.165, 1.54) is 12.0 Å². The first-order valence-electron chi connectivity index (χ1n) is 9.50. The Morgan fingerprint density at radius 1 is 1.14 bits per heavy atom. The van der Waals surface area contributed by atoms with Gasteiger partial charge in [0.2, 0.25) is 0 Å². The molecule has 3 rings (SSSR count). The fourth-order valence-electron chi connectivity index (χ4n) is 3.28. The van der Waals surface area contributed by atoms with Crippen LogP contribution in [0.25, 0.3) is 0 Å². The Kier molecular flexibility index (Phi) is 6.39. The van der Waals surface area contributed by atoms with Crippen LogP contribution in [0.4, 0.5) is 16.2 Å². The average molecular weight is 399 g/mol. The predicted molar refractivity (Wildman–Crippen MR) is 108 cm³/mol. The highest BCUT2D eigenvalue weighted by atomic mass is 16.5. The molecule has 7 nitrogen and oxygen atoms in total. The number of nitrogens with zero attached hydrogens (tertiary/aromatic N) is 1. The molecule has 1 N–H and O–H groups in total. The summed E-state index contributed by atoms with van der Waals surface area (Å²) in [7, 11) is 1.33. The van der Waals surface area contributed by atoms with Crippen LogP contribution in [-0.2, 0) is 27.1 Å². The van der Waals surface area contributed by atoms with E-state index < -0.39 is 18.2 Å². The molecule has 1 atom stereocenters. The van der Waals surface area contributed by atoms with E-state index >= 15 is 0 Å². The van der Waals surface area contributed by atoms with Crippen LogP contribution >= 0.6 is 0 Å². The van der Waals surface area contributed by atoms with E-state index in [0.29, 0.717) is 18.0 Å². The van der Waals surface area contributed by atoms with E-state index in [9.17, 15) is 14.7 Å². The van der Waals surface area contributed by atoms with Crippen molar-refractivity contribution in [2.24, 2.45) is 0 Å². The van der Waals surface area contributed by atoms with Crippen LogP contribution in [0.3, 0.4) is 0 Å². The van der Waals surface area contributed by atoms with Gasteiger partial charge in [0.1, 0.15) is 5.75 Å². The lowest BCUT2D eigenvalue weighted by atomic mass is 10.1. The zero-order valence-corrected chi connectivity index (χ0v) is 16.8. The summed E-state index contributed by atoms with van der Waals surface area (Å²) >= 11 is 0. The summed E-state index contributed by atoms with van der Waals surface area (Å²) in [5.41, 5.74) is 3.15. The molecule has 2 aromatic carbocycles. The van der Waals surface area contributed by atoms with Crippen molar-refractivity contribution in [1.29, 1.82) is 0 Å². The number of carboxylic acids is 1. The van der Waals surface area contributed by atoms with Gasteiger partial charge in [-0.25, -0.2) is 14.5 Å². The largest absolute Gasteiger partial charge is 0.493 e.